The van der Waals surface area contributed by atoms with E-state index >= 15 is 0 Å². The highest BCUT2D eigenvalue weighted by atomic mass is 19.1. The van der Waals surface area contributed by atoms with Crippen LogP contribution >= 0.6 is 0 Å². The minimum absolute atomic E-state index is 0.0263. The number of ether oxygens (including phenoxy) is 3. The Labute approximate surface area is 177 Å². The third-order valence-electron chi connectivity index (χ3n) is 4.70. The standard InChI is InChI=1S/C21H24F2N4O4/c1-27-19-13(10-18(20(27)28)31-17-5-4-14(22)11-16(17)23)12-24-21(26-19)25-15(6-8-29-2)7-9-30-3/h4-5,10-12,15H,6-9H2,1-3H3,(H,24,25,26). The molecule has 10 heteroatoms. The number of halogens is 2. The summed E-state index contributed by atoms with van der Waals surface area (Å²) >= 11 is 0. The number of methoxy groups -OCH3 is 2. The molecule has 0 amide bonds. The Morgan fingerprint density at radius 2 is 1.81 bits per heavy atom. The van der Waals surface area contributed by atoms with Gasteiger partial charge in [-0.3, -0.25) is 9.36 Å². The van der Waals surface area contributed by atoms with Gasteiger partial charge in [-0.25, -0.2) is 13.8 Å². The Hall–Kier alpha value is -3.11. The summed E-state index contributed by atoms with van der Waals surface area (Å²) in [5, 5.41) is 3.76. The van der Waals surface area contributed by atoms with E-state index in [-0.39, 0.29) is 17.5 Å². The first kappa shape index (κ1) is 22.6. The van der Waals surface area contributed by atoms with E-state index in [4.69, 9.17) is 14.2 Å². The topological polar surface area (TPSA) is 87.5 Å². The van der Waals surface area contributed by atoms with Crippen LogP contribution in [0.5, 0.6) is 11.5 Å². The fraction of sp³-hybridized carbons (Fsp3) is 0.381. The number of pyridine rings is 1. The van der Waals surface area contributed by atoms with E-state index in [0.717, 1.165) is 25.0 Å². The molecule has 1 N–H and O–H groups in total. The van der Waals surface area contributed by atoms with Crippen molar-refractivity contribution in [3.63, 3.8) is 0 Å². The fourth-order valence-electron chi connectivity index (χ4n) is 3.03. The third kappa shape index (κ3) is 5.53. The second-order valence-corrected chi connectivity index (χ2v) is 6.93. The van der Waals surface area contributed by atoms with Crippen LogP contribution in [0.15, 0.2) is 35.3 Å². The van der Waals surface area contributed by atoms with Crippen molar-refractivity contribution in [3.8, 4) is 11.5 Å². The van der Waals surface area contributed by atoms with Crippen molar-refractivity contribution in [1.82, 2.24) is 14.5 Å². The van der Waals surface area contributed by atoms with E-state index in [2.05, 4.69) is 15.3 Å². The minimum atomic E-state index is -0.906. The van der Waals surface area contributed by atoms with Crippen molar-refractivity contribution in [2.75, 3.05) is 32.8 Å². The third-order valence-corrected chi connectivity index (χ3v) is 4.70. The predicted molar refractivity (Wildman–Crippen MR) is 112 cm³/mol. The average Bonchev–Trinajstić information content (AvgIpc) is 2.75. The van der Waals surface area contributed by atoms with E-state index in [9.17, 15) is 13.6 Å². The quantitative estimate of drug-likeness (QED) is 0.524. The molecule has 1 aromatic carbocycles. The number of fused-ring (bicyclic) bond motifs is 1. The molecule has 0 bridgehead atoms. The van der Waals surface area contributed by atoms with Crippen molar-refractivity contribution in [2.45, 2.75) is 18.9 Å². The summed E-state index contributed by atoms with van der Waals surface area (Å²) in [6.07, 6.45) is 3.01. The lowest BCUT2D eigenvalue weighted by atomic mass is 10.1. The number of aromatic nitrogens is 3. The van der Waals surface area contributed by atoms with Gasteiger partial charge >= 0.3 is 0 Å². The smallest absolute Gasteiger partial charge is 0.294 e. The number of hydrogen-bond acceptors (Lipinski definition) is 7. The number of aryl methyl sites for hydroxylation is 1. The highest BCUT2D eigenvalue weighted by Crippen LogP contribution is 2.25. The molecule has 0 spiro atoms. The van der Waals surface area contributed by atoms with Crippen molar-refractivity contribution in [1.29, 1.82) is 0 Å². The first-order valence-electron chi connectivity index (χ1n) is 9.67. The van der Waals surface area contributed by atoms with E-state index in [1.165, 1.54) is 17.7 Å². The van der Waals surface area contributed by atoms with Crippen LogP contribution in [-0.4, -0.2) is 48.0 Å². The van der Waals surface area contributed by atoms with E-state index in [1.54, 1.807) is 20.4 Å². The minimum Gasteiger partial charge on any atom is -0.448 e. The van der Waals surface area contributed by atoms with Crippen molar-refractivity contribution >= 4 is 17.0 Å². The number of rotatable bonds is 10. The first-order valence-corrected chi connectivity index (χ1v) is 9.67. The van der Waals surface area contributed by atoms with Gasteiger partial charge in [0.1, 0.15) is 11.5 Å². The lowest BCUT2D eigenvalue weighted by Gasteiger charge is -2.18. The van der Waals surface area contributed by atoms with E-state index < -0.39 is 17.2 Å². The highest BCUT2D eigenvalue weighted by molar-refractivity contribution is 5.76. The second kappa shape index (κ2) is 10.3. The van der Waals surface area contributed by atoms with Gasteiger partial charge in [0.15, 0.2) is 17.3 Å². The second-order valence-electron chi connectivity index (χ2n) is 6.93. The number of hydrogen-bond donors (Lipinski definition) is 1. The molecule has 0 fully saturated rings. The van der Waals surface area contributed by atoms with Gasteiger partial charge in [0.05, 0.1) is 0 Å². The fourth-order valence-corrected chi connectivity index (χ4v) is 3.03. The van der Waals surface area contributed by atoms with Gasteiger partial charge in [-0.2, -0.15) is 4.98 Å². The van der Waals surface area contributed by atoms with Crippen LogP contribution < -0.4 is 15.6 Å². The number of anilines is 1. The van der Waals surface area contributed by atoms with Gasteiger partial charge in [-0.05, 0) is 31.0 Å². The summed E-state index contributed by atoms with van der Waals surface area (Å²) in [6, 6.07) is 4.31. The van der Waals surface area contributed by atoms with Crippen molar-refractivity contribution < 1.29 is 23.0 Å². The van der Waals surface area contributed by atoms with Crippen LogP contribution in [0.3, 0.4) is 0 Å². The summed E-state index contributed by atoms with van der Waals surface area (Å²) < 4.78 is 44.0. The van der Waals surface area contributed by atoms with Crippen molar-refractivity contribution in [3.05, 3.63) is 52.5 Å². The molecule has 2 aromatic heterocycles. The van der Waals surface area contributed by atoms with Gasteiger partial charge in [0.25, 0.3) is 5.56 Å². The largest absolute Gasteiger partial charge is 0.448 e. The lowest BCUT2D eigenvalue weighted by Crippen LogP contribution is -2.25. The Morgan fingerprint density at radius 3 is 2.45 bits per heavy atom. The Morgan fingerprint density at radius 1 is 1.10 bits per heavy atom. The van der Waals surface area contributed by atoms with Gasteiger partial charge in [-0.15, -0.1) is 0 Å². The van der Waals surface area contributed by atoms with Gasteiger partial charge in [0, 0.05) is 58.2 Å². The molecule has 0 aliphatic heterocycles. The zero-order valence-corrected chi connectivity index (χ0v) is 17.5. The van der Waals surface area contributed by atoms with Crippen LogP contribution in [-0.2, 0) is 16.5 Å². The molecule has 3 rings (SSSR count). The number of nitrogens with one attached hydrogen (secondary N) is 1. The summed E-state index contributed by atoms with van der Waals surface area (Å²) in [4.78, 5) is 21.5. The molecule has 0 aliphatic carbocycles. The average molecular weight is 434 g/mol. The predicted octanol–water partition coefficient (Wildman–Crippen LogP) is 3.25. The van der Waals surface area contributed by atoms with Crippen LogP contribution in [0.25, 0.3) is 11.0 Å². The lowest BCUT2D eigenvalue weighted by molar-refractivity contribution is 0.167. The molecule has 0 radical (unpaired) electrons. The maximum absolute atomic E-state index is 13.9. The normalized spacial score (nSPS) is 11.3. The molecule has 8 nitrogen and oxygen atoms in total. The molecule has 31 heavy (non-hydrogen) atoms. The van der Waals surface area contributed by atoms with Gasteiger partial charge in [0.2, 0.25) is 5.95 Å². The van der Waals surface area contributed by atoms with Crippen LogP contribution in [0.2, 0.25) is 0 Å². The van der Waals surface area contributed by atoms with E-state index in [1.807, 2.05) is 0 Å². The van der Waals surface area contributed by atoms with Gasteiger partial charge in [-0.1, -0.05) is 0 Å². The molecule has 0 aliphatic rings. The molecule has 2 heterocycles. The first-order chi connectivity index (χ1) is 14.9. The Kier molecular flexibility index (Phi) is 7.48. The highest BCUT2D eigenvalue weighted by Gasteiger charge is 2.15. The van der Waals surface area contributed by atoms with E-state index in [0.29, 0.717) is 36.3 Å². The van der Waals surface area contributed by atoms with Crippen LogP contribution in [0.1, 0.15) is 12.8 Å². The molecule has 0 unspecified atom stereocenters. The zero-order chi connectivity index (χ0) is 22.4. The molecule has 166 valence electrons. The monoisotopic (exact) mass is 434 g/mol. The molecule has 3 aromatic rings. The SMILES string of the molecule is COCCC(CCOC)Nc1ncc2cc(Oc3ccc(F)cc3F)c(=O)n(C)c2n1. The maximum atomic E-state index is 13.9. The van der Waals surface area contributed by atoms with Crippen molar-refractivity contribution in [2.24, 2.45) is 7.05 Å². The Balaban J connectivity index is 1.89. The summed E-state index contributed by atoms with van der Waals surface area (Å²) in [5.74, 6) is -1.66. The Bertz CT molecular complexity index is 1100. The summed E-state index contributed by atoms with van der Waals surface area (Å²) in [5.41, 5.74) is -0.136. The number of benzene rings is 1. The maximum Gasteiger partial charge on any atom is 0.294 e. The molecular weight excluding hydrogens is 410 g/mol. The molecule has 0 saturated heterocycles. The molecule has 0 atom stereocenters. The molecule has 0 saturated carbocycles. The van der Waals surface area contributed by atoms with Crippen LogP contribution in [0, 0.1) is 11.6 Å². The van der Waals surface area contributed by atoms with Crippen LogP contribution in [0.4, 0.5) is 14.7 Å². The van der Waals surface area contributed by atoms with Gasteiger partial charge < -0.3 is 19.5 Å². The summed E-state index contributed by atoms with van der Waals surface area (Å²) in [7, 11) is 4.79. The molecular formula is C21H24F2N4O4. The summed E-state index contributed by atoms with van der Waals surface area (Å²) in [6.45, 7) is 1.13. The number of nitrogens with zero attached hydrogens (tertiary/aromatic N) is 3. The zero-order valence-electron chi connectivity index (χ0n) is 17.5.